The lowest BCUT2D eigenvalue weighted by atomic mass is 10.0. The number of likely N-dealkylation sites (N-methyl/N-ethyl adjacent to an activating group) is 1. The maximum Gasteiger partial charge on any atom is 0.222 e. The molecule has 4 heteroatoms. The minimum absolute atomic E-state index is 0. The van der Waals surface area contributed by atoms with Crippen LogP contribution in [-0.4, -0.2) is 37.0 Å². The molecule has 0 bridgehead atoms. The Bertz CT molecular complexity index is 209. The third-order valence-electron chi connectivity index (χ3n) is 3.12. The first-order valence-corrected chi connectivity index (χ1v) is 6.08. The van der Waals surface area contributed by atoms with Crippen molar-refractivity contribution in [2.45, 2.75) is 45.6 Å². The molecule has 0 spiro atoms. The molecule has 1 rings (SSSR count). The number of hydrogen-bond acceptors (Lipinski definition) is 2. The van der Waals surface area contributed by atoms with Gasteiger partial charge in [-0.25, -0.2) is 0 Å². The number of amides is 1. The second kappa shape index (κ2) is 7.91. The van der Waals surface area contributed by atoms with Crippen molar-refractivity contribution in [2.24, 2.45) is 5.92 Å². The Labute approximate surface area is 105 Å². The van der Waals surface area contributed by atoms with Crippen LogP contribution in [-0.2, 0) is 4.79 Å². The molecule has 1 aliphatic rings. The van der Waals surface area contributed by atoms with E-state index in [0.717, 1.165) is 25.9 Å². The van der Waals surface area contributed by atoms with Gasteiger partial charge in [0.05, 0.1) is 0 Å². The monoisotopic (exact) mass is 248 g/mol. The van der Waals surface area contributed by atoms with Crippen molar-refractivity contribution >= 4 is 18.3 Å². The van der Waals surface area contributed by atoms with Gasteiger partial charge in [0.15, 0.2) is 0 Å². The van der Waals surface area contributed by atoms with E-state index in [-0.39, 0.29) is 12.4 Å². The van der Waals surface area contributed by atoms with Gasteiger partial charge in [-0.05, 0) is 32.2 Å². The van der Waals surface area contributed by atoms with Crippen molar-refractivity contribution in [2.75, 3.05) is 20.1 Å². The SMILES string of the molecule is CNC1CCCN(C(=O)CCC(C)C)C1.Cl. The molecule has 1 amide bonds. The summed E-state index contributed by atoms with van der Waals surface area (Å²) in [5.74, 6) is 0.961. The van der Waals surface area contributed by atoms with E-state index in [0.29, 0.717) is 24.3 Å². The molecule has 16 heavy (non-hydrogen) atoms. The Kier molecular flexibility index (Phi) is 7.77. The van der Waals surface area contributed by atoms with Gasteiger partial charge in [0, 0.05) is 25.6 Å². The summed E-state index contributed by atoms with van der Waals surface area (Å²) in [4.78, 5) is 13.9. The summed E-state index contributed by atoms with van der Waals surface area (Å²) < 4.78 is 0. The summed E-state index contributed by atoms with van der Waals surface area (Å²) >= 11 is 0. The molecule has 1 N–H and O–H groups in total. The van der Waals surface area contributed by atoms with Crippen molar-refractivity contribution in [3.63, 3.8) is 0 Å². The average Bonchev–Trinajstić information content (AvgIpc) is 2.26. The van der Waals surface area contributed by atoms with E-state index in [9.17, 15) is 4.79 Å². The minimum atomic E-state index is 0. The normalized spacial score (nSPS) is 20.8. The van der Waals surface area contributed by atoms with Gasteiger partial charge in [-0.3, -0.25) is 4.79 Å². The van der Waals surface area contributed by atoms with Crippen LogP contribution in [0.4, 0.5) is 0 Å². The molecule has 1 unspecified atom stereocenters. The van der Waals surface area contributed by atoms with Crippen molar-refractivity contribution in [3.8, 4) is 0 Å². The van der Waals surface area contributed by atoms with E-state index < -0.39 is 0 Å². The zero-order valence-electron chi connectivity index (χ0n) is 10.7. The van der Waals surface area contributed by atoms with E-state index in [1.54, 1.807) is 0 Å². The highest BCUT2D eigenvalue weighted by Crippen LogP contribution is 2.13. The molecule has 1 heterocycles. The number of halogens is 1. The first-order valence-electron chi connectivity index (χ1n) is 6.08. The molecular formula is C12H25ClN2O. The summed E-state index contributed by atoms with van der Waals surface area (Å²) in [5.41, 5.74) is 0. The van der Waals surface area contributed by atoms with Crippen LogP contribution in [0.2, 0.25) is 0 Å². The number of rotatable bonds is 4. The summed E-state index contributed by atoms with van der Waals surface area (Å²) in [5, 5.41) is 3.26. The third kappa shape index (κ3) is 5.17. The Morgan fingerprint density at radius 2 is 2.19 bits per heavy atom. The van der Waals surface area contributed by atoms with Crippen molar-refractivity contribution in [1.29, 1.82) is 0 Å². The molecule has 1 saturated heterocycles. The molecule has 1 aliphatic heterocycles. The number of carbonyl (C=O) groups is 1. The molecule has 0 aromatic rings. The topological polar surface area (TPSA) is 32.3 Å². The molecule has 0 saturated carbocycles. The molecule has 0 aliphatic carbocycles. The lowest BCUT2D eigenvalue weighted by Gasteiger charge is -2.32. The van der Waals surface area contributed by atoms with Gasteiger partial charge in [0.2, 0.25) is 5.91 Å². The summed E-state index contributed by atoms with van der Waals surface area (Å²) in [7, 11) is 1.98. The van der Waals surface area contributed by atoms with Gasteiger partial charge in [-0.2, -0.15) is 0 Å². The van der Waals surface area contributed by atoms with Crippen LogP contribution >= 0.6 is 12.4 Å². The quantitative estimate of drug-likeness (QED) is 0.826. The van der Waals surface area contributed by atoms with E-state index in [4.69, 9.17) is 0 Å². The van der Waals surface area contributed by atoms with Crippen LogP contribution in [0, 0.1) is 5.92 Å². The Hall–Kier alpha value is -0.280. The third-order valence-corrected chi connectivity index (χ3v) is 3.12. The van der Waals surface area contributed by atoms with Gasteiger partial charge in [-0.15, -0.1) is 12.4 Å². The number of hydrogen-bond donors (Lipinski definition) is 1. The van der Waals surface area contributed by atoms with Gasteiger partial charge < -0.3 is 10.2 Å². The smallest absolute Gasteiger partial charge is 0.222 e. The summed E-state index contributed by atoms with van der Waals surface area (Å²) in [6.07, 6.45) is 4.07. The highest BCUT2D eigenvalue weighted by molar-refractivity contribution is 5.85. The molecule has 0 aromatic carbocycles. The predicted molar refractivity (Wildman–Crippen MR) is 70.0 cm³/mol. The van der Waals surface area contributed by atoms with Gasteiger partial charge >= 0.3 is 0 Å². The van der Waals surface area contributed by atoms with Gasteiger partial charge in [0.1, 0.15) is 0 Å². The maximum atomic E-state index is 11.9. The minimum Gasteiger partial charge on any atom is -0.341 e. The zero-order chi connectivity index (χ0) is 11.3. The zero-order valence-corrected chi connectivity index (χ0v) is 11.5. The first-order chi connectivity index (χ1) is 7.13. The van der Waals surface area contributed by atoms with E-state index in [2.05, 4.69) is 19.2 Å². The predicted octanol–water partition coefficient (Wildman–Crippen LogP) is 2.05. The van der Waals surface area contributed by atoms with Crippen LogP contribution in [0.3, 0.4) is 0 Å². The molecule has 3 nitrogen and oxygen atoms in total. The largest absolute Gasteiger partial charge is 0.341 e. The maximum absolute atomic E-state index is 11.9. The number of carbonyl (C=O) groups excluding carboxylic acids is 1. The van der Waals surface area contributed by atoms with Crippen molar-refractivity contribution in [1.82, 2.24) is 10.2 Å². The van der Waals surface area contributed by atoms with Crippen LogP contribution in [0.15, 0.2) is 0 Å². The molecule has 0 aromatic heterocycles. The van der Waals surface area contributed by atoms with Crippen molar-refractivity contribution in [3.05, 3.63) is 0 Å². The first kappa shape index (κ1) is 15.7. The Balaban J connectivity index is 0.00000225. The average molecular weight is 249 g/mol. The fourth-order valence-corrected chi connectivity index (χ4v) is 2.01. The van der Waals surface area contributed by atoms with Crippen LogP contribution in [0.5, 0.6) is 0 Å². The molecular weight excluding hydrogens is 224 g/mol. The second-order valence-electron chi connectivity index (χ2n) is 4.90. The molecule has 96 valence electrons. The number of nitrogens with one attached hydrogen (secondary N) is 1. The van der Waals surface area contributed by atoms with Crippen LogP contribution in [0.25, 0.3) is 0 Å². The number of likely N-dealkylation sites (tertiary alicyclic amines) is 1. The van der Waals surface area contributed by atoms with E-state index in [1.807, 2.05) is 11.9 Å². The van der Waals surface area contributed by atoms with E-state index in [1.165, 1.54) is 6.42 Å². The summed E-state index contributed by atoms with van der Waals surface area (Å²) in [6, 6.07) is 0.502. The van der Waals surface area contributed by atoms with Crippen molar-refractivity contribution < 1.29 is 4.79 Å². The summed E-state index contributed by atoms with van der Waals surface area (Å²) in [6.45, 7) is 6.18. The fraction of sp³-hybridized carbons (Fsp3) is 0.917. The number of piperidine rings is 1. The highest BCUT2D eigenvalue weighted by atomic mass is 35.5. The Morgan fingerprint density at radius 3 is 2.75 bits per heavy atom. The second-order valence-corrected chi connectivity index (χ2v) is 4.90. The molecule has 1 fully saturated rings. The lowest BCUT2D eigenvalue weighted by Crippen LogP contribution is -2.46. The van der Waals surface area contributed by atoms with E-state index >= 15 is 0 Å². The molecule has 1 atom stereocenters. The van der Waals surface area contributed by atoms with Gasteiger partial charge in [-0.1, -0.05) is 13.8 Å². The van der Waals surface area contributed by atoms with Crippen LogP contribution < -0.4 is 5.32 Å². The fourth-order valence-electron chi connectivity index (χ4n) is 2.01. The van der Waals surface area contributed by atoms with Crippen LogP contribution in [0.1, 0.15) is 39.5 Å². The Morgan fingerprint density at radius 1 is 1.50 bits per heavy atom. The standard InChI is InChI=1S/C12H24N2O.ClH/c1-10(2)6-7-12(15)14-8-4-5-11(9-14)13-3;/h10-11,13H,4-9H2,1-3H3;1H. The lowest BCUT2D eigenvalue weighted by molar-refractivity contribution is -0.132. The number of nitrogens with zero attached hydrogens (tertiary/aromatic N) is 1. The van der Waals surface area contributed by atoms with Gasteiger partial charge in [0.25, 0.3) is 0 Å². The molecule has 0 radical (unpaired) electrons. The highest BCUT2D eigenvalue weighted by Gasteiger charge is 2.21.